The van der Waals surface area contributed by atoms with E-state index in [1.807, 2.05) is 6.92 Å². The molecule has 0 radical (unpaired) electrons. The van der Waals surface area contributed by atoms with Crippen molar-refractivity contribution in [2.75, 3.05) is 19.8 Å². The molecule has 0 aliphatic heterocycles. The highest BCUT2D eigenvalue weighted by molar-refractivity contribution is 5.19. The van der Waals surface area contributed by atoms with E-state index in [0.29, 0.717) is 24.9 Å². The van der Waals surface area contributed by atoms with Crippen LogP contribution in [0.25, 0.3) is 0 Å². The average molecular weight is 293 g/mol. The summed E-state index contributed by atoms with van der Waals surface area (Å²) in [5, 5.41) is 3.13. The normalized spacial score (nSPS) is 12.9. The molecular weight excluding hydrogens is 274 g/mol. The van der Waals surface area contributed by atoms with E-state index in [9.17, 15) is 17.6 Å². The Hall–Kier alpha value is -1.14. The van der Waals surface area contributed by atoms with Gasteiger partial charge in [0.05, 0.1) is 0 Å². The van der Waals surface area contributed by atoms with E-state index in [-0.39, 0.29) is 12.6 Å². The molecule has 114 valence electrons. The van der Waals surface area contributed by atoms with Gasteiger partial charge in [-0.25, -0.2) is 17.6 Å². The minimum Gasteiger partial charge on any atom is -0.375 e. The number of benzene rings is 1. The minimum atomic E-state index is -2.48. The van der Waals surface area contributed by atoms with Crippen molar-refractivity contribution < 1.29 is 22.3 Å². The summed E-state index contributed by atoms with van der Waals surface area (Å²) in [6.07, 6.45) is -1.64. The minimum absolute atomic E-state index is 0.0994. The quantitative estimate of drug-likeness (QED) is 0.558. The molecule has 0 saturated carbocycles. The standard InChI is InChI=1S/C14H19F4NO/c1-2-19-12(5-6-20-9-14(17)18)7-10-3-4-11(15)8-13(10)16/h3-4,8,12,14,19H,2,5-7,9H2,1H3. The predicted octanol–water partition coefficient (Wildman–Crippen LogP) is 3.16. The number of likely N-dealkylation sites (N-methyl/N-ethyl adjacent to an activating group) is 1. The summed E-state index contributed by atoms with van der Waals surface area (Å²) < 4.78 is 55.0. The fourth-order valence-electron chi connectivity index (χ4n) is 1.92. The zero-order chi connectivity index (χ0) is 15.0. The number of halogens is 4. The molecule has 2 nitrogen and oxygen atoms in total. The summed E-state index contributed by atoms with van der Waals surface area (Å²) in [6, 6.07) is 3.34. The molecular formula is C14H19F4NO. The third kappa shape index (κ3) is 6.34. The number of nitrogens with one attached hydrogen (secondary N) is 1. The summed E-state index contributed by atoms with van der Waals surface area (Å²) in [6.45, 7) is 2.14. The van der Waals surface area contributed by atoms with Crippen LogP contribution in [0.3, 0.4) is 0 Å². The Morgan fingerprint density at radius 3 is 2.60 bits per heavy atom. The van der Waals surface area contributed by atoms with Gasteiger partial charge in [-0.3, -0.25) is 0 Å². The van der Waals surface area contributed by atoms with Crippen LogP contribution in [0.4, 0.5) is 17.6 Å². The van der Waals surface area contributed by atoms with Crippen molar-refractivity contribution in [1.29, 1.82) is 0 Å². The van der Waals surface area contributed by atoms with E-state index in [2.05, 4.69) is 5.32 Å². The van der Waals surface area contributed by atoms with Gasteiger partial charge in [0.2, 0.25) is 0 Å². The van der Waals surface area contributed by atoms with Crippen LogP contribution >= 0.6 is 0 Å². The van der Waals surface area contributed by atoms with Crippen LogP contribution in [0, 0.1) is 11.6 Å². The van der Waals surface area contributed by atoms with Gasteiger partial charge in [0.25, 0.3) is 6.43 Å². The van der Waals surface area contributed by atoms with Crippen LogP contribution in [-0.4, -0.2) is 32.2 Å². The van der Waals surface area contributed by atoms with Gasteiger partial charge >= 0.3 is 0 Å². The number of hydrogen-bond donors (Lipinski definition) is 1. The molecule has 1 aromatic carbocycles. The van der Waals surface area contributed by atoms with Crippen LogP contribution in [0.5, 0.6) is 0 Å². The molecule has 0 bridgehead atoms. The van der Waals surface area contributed by atoms with Crippen molar-refractivity contribution in [1.82, 2.24) is 5.32 Å². The maximum Gasteiger partial charge on any atom is 0.261 e. The fraction of sp³-hybridized carbons (Fsp3) is 0.571. The van der Waals surface area contributed by atoms with Gasteiger partial charge in [-0.2, -0.15) is 0 Å². The number of alkyl halides is 2. The van der Waals surface area contributed by atoms with Gasteiger partial charge in [0.15, 0.2) is 0 Å². The van der Waals surface area contributed by atoms with Crippen molar-refractivity contribution in [2.45, 2.75) is 32.2 Å². The zero-order valence-corrected chi connectivity index (χ0v) is 11.3. The van der Waals surface area contributed by atoms with E-state index in [1.165, 1.54) is 12.1 Å². The van der Waals surface area contributed by atoms with Crippen LogP contribution in [-0.2, 0) is 11.2 Å². The molecule has 1 atom stereocenters. The lowest BCUT2D eigenvalue weighted by molar-refractivity contribution is 0.0144. The number of ether oxygens (including phenoxy) is 1. The smallest absolute Gasteiger partial charge is 0.261 e. The van der Waals surface area contributed by atoms with Crippen LogP contribution in [0.2, 0.25) is 0 Å². The van der Waals surface area contributed by atoms with Gasteiger partial charge in [0, 0.05) is 18.7 Å². The highest BCUT2D eigenvalue weighted by atomic mass is 19.3. The second-order valence-corrected chi connectivity index (χ2v) is 4.45. The molecule has 0 amide bonds. The summed E-state index contributed by atoms with van der Waals surface area (Å²) in [4.78, 5) is 0. The molecule has 1 aromatic rings. The molecule has 1 N–H and O–H groups in total. The van der Waals surface area contributed by atoms with Crippen LogP contribution in [0.15, 0.2) is 18.2 Å². The lowest BCUT2D eigenvalue weighted by atomic mass is 10.0. The molecule has 20 heavy (non-hydrogen) atoms. The lowest BCUT2D eigenvalue weighted by Gasteiger charge is -2.18. The Morgan fingerprint density at radius 2 is 2.00 bits per heavy atom. The second-order valence-electron chi connectivity index (χ2n) is 4.45. The molecule has 0 spiro atoms. The van der Waals surface area contributed by atoms with E-state index in [0.717, 1.165) is 6.07 Å². The first kappa shape index (κ1) is 16.9. The van der Waals surface area contributed by atoms with Gasteiger partial charge in [-0.15, -0.1) is 0 Å². The molecule has 0 heterocycles. The summed E-state index contributed by atoms with van der Waals surface area (Å²) in [5.74, 6) is -1.21. The average Bonchev–Trinajstić information content (AvgIpc) is 2.37. The Bertz CT molecular complexity index is 401. The van der Waals surface area contributed by atoms with E-state index < -0.39 is 24.7 Å². The molecule has 1 rings (SSSR count). The number of hydrogen-bond acceptors (Lipinski definition) is 2. The third-order valence-corrected chi connectivity index (χ3v) is 2.83. The SMILES string of the molecule is CCNC(CCOCC(F)F)Cc1ccc(F)cc1F. The van der Waals surface area contributed by atoms with Crippen LogP contribution in [0.1, 0.15) is 18.9 Å². The molecule has 0 aliphatic carbocycles. The Labute approximate surface area is 116 Å². The summed E-state index contributed by atoms with van der Waals surface area (Å²) in [5.41, 5.74) is 0.395. The maximum absolute atomic E-state index is 13.5. The van der Waals surface area contributed by atoms with E-state index >= 15 is 0 Å². The van der Waals surface area contributed by atoms with Crippen molar-refractivity contribution in [3.8, 4) is 0 Å². The van der Waals surface area contributed by atoms with Gasteiger partial charge in [0.1, 0.15) is 18.2 Å². The highest BCUT2D eigenvalue weighted by Crippen LogP contribution is 2.13. The molecule has 0 aromatic heterocycles. The summed E-state index contributed by atoms with van der Waals surface area (Å²) >= 11 is 0. The van der Waals surface area contributed by atoms with E-state index in [1.54, 1.807) is 0 Å². The van der Waals surface area contributed by atoms with E-state index in [4.69, 9.17) is 4.74 Å². The van der Waals surface area contributed by atoms with Gasteiger partial charge < -0.3 is 10.1 Å². The fourth-order valence-corrected chi connectivity index (χ4v) is 1.92. The van der Waals surface area contributed by atoms with Crippen molar-refractivity contribution in [2.24, 2.45) is 0 Å². The van der Waals surface area contributed by atoms with Gasteiger partial charge in [-0.1, -0.05) is 13.0 Å². The first-order valence-electron chi connectivity index (χ1n) is 6.56. The van der Waals surface area contributed by atoms with Gasteiger partial charge in [-0.05, 0) is 31.0 Å². The second kappa shape index (κ2) is 8.92. The lowest BCUT2D eigenvalue weighted by Crippen LogP contribution is -2.32. The molecule has 1 unspecified atom stereocenters. The summed E-state index contributed by atoms with van der Waals surface area (Å²) in [7, 11) is 0. The first-order chi connectivity index (χ1) is 9.52. The molecule has 0 saturated heterocycles. The van der Waals surface area contributed by atoms with Crippen molar-refractivity contribution in [3.05, 3.63) is 35.4 Å². The largest absolute Gasteiger partial charge is 0.375 e. The Morgan fingerprint density at radius 1 is 1.25 bits per heavy atom. The van der Waals surface area contributed by atoms with Crippen molar-refractivity contribution in [3.63, 3.8) is 0 Å². The number of rotatable bonds is 9. The Kier molecular flexibility index (Phi) is 7.54. The Balaban J connectivity index is 2.49. The predicted molar refractivity (Wildman–Crippen MR) is 69.0 cm³/mol. The monoisotopic (exact) mass is 293 g/mol. The molecule has 6 heteroatoms. The zero-order valence-electron chi connectivity index (χ0n) is 11.3. The molecule has 0 aliphatic rings. The first-order valence-corrected chi connectivity index (χ1v) is 6.56. The van der Waals surface area contributed by atoms with Crippen LogP contribution < -0.4 is 5.32 Å². The highest BCUT2D eigenvalue weighted by Gasteiger charge is 2.12. The maximum atomic E-state index is 13.5. The topological polar surface area (TPSA) is 21.3 Å². The molecule has 0 fully saturated rings. The van der Waals surface area contributed by atoms with Crippen molar-refractivity contribution >= 4 is 0 Å². The third-order valence-electron chi connectivity index (χ3n) is 2.83.